The van der Waals surface area contributed by atoms with Crippen LogP contribution in [0.1, 0.15) is 27.0 Å². The zero-order valence-corrected chi connectivity index (χ0v) is 21.3. The fraction of sp³-hybridized carbons (Fsp3) is 0.500. The van der Waals surface area contributed by atoms with E-state index in [0.717, 1.165) is 16.8 Å². The Balaban J connectivity index is 1.83. The number of para-hydroxylation sites is 1. The second-order valence-corrected chi connectivity index (χ2v) is 10.5. The van der Waals surface area contributed by atoms with Crippen LogP contribution in [-0.4, -0.2) is 63.8 Å². The summed E-state index contributed by atoms with van der Waals surface area (Å²) >= 11 is 0. The summed E-state index contributed by atoms with van der Waals surface area (Å²) in [6.45, 7) is 2.73. The molecule has 5 N–H and O–H groups in total. The van der Waals surface area contributed by atoms with Crippen LogP contribution in [0.15, 0.2) is 52.2 Å². The van der Waals surface area contributed by atoms with Gasteiger partial charge in [-0.25, -0.2) is 13.8 Å². The van der Waals surface area contributed by atoms with Crippen molar-refractivity contribution in [1.29, 1.82) is 0 Å². The molecular weight excluding hydrogens is 514 g/mol. The lowest BCUT2D eigenvalue weighted by atomic mass is 9.92. The average Bonchev–Trinajstić information content (AvgIpc) is 3.08. The fourth-order valence-electron chi connectivity index (χ4n) is 3.58. The summed E-state index contributed by atoms with van der Waals surface area (Å²) in [5, 5.41) is 13.2. The molecule has 0 radical (unpaired) electrons. The number of halogens is 1. The monoisotopic (exact) mass is 544 g/mol. The largest absolute Gasteiger partial charge is 0.462 e. The Hall–Kier alpha value is -2.87. The van der Waals surface area contributed by atoms with E-state index in [1.54, 1.807) is 32.0 Å². The normalized spacial score (nSPS) is 26.0. The number of ether oxygens (including phenoxy) is 2. The molecule has 3 rings (SSSR count). The van der Waals surface area contributed by atoms with E-state index in [-0.39, 0.29) is 5.75 Å². The van der Waals surface area contributed by atoms with E-state index in [9.17, 15) is 28.4 Å². The van der Waals surface area contributed by atoms with Gasteiger partial charge in [-0.05, 0) is 32.9 Å². The number of hydrogen-bond acceptors (Lipinski definition) is 10. The SMILES string of the molecule is CC(C)OC(=O)[C@H](C)N[P@@](=O)(OC[C@H]1O[C@@H](n2ccc(=O)[nH]c2=O)[C@@](N)(CF)C1O)Oc1ccccc1. The lowest BCUT2D eigenvalue weighted by molar-refractivity contribution is -0.149. The smallest absolute Gasteiger partial charge is 0.459 e. The zero-order chi connectivity index (χ0) is 27.4. The molecule has 0 aliphatic carbocycles. The predicted octanol–water partition coefficient (Wildman–Crippen LogP) is 0.595. The molecule has 2 aromatic rings. The van der Waals surface area contributed by atoms with Crippen LogP contribution in [0.2, 0.25) is 0 Å². The van der Waals surface area contributed by atoms with E-state index in [4.69, 9.17) is 24.3 Å². The molecule has 204 valence electrons. The van der Waals surface area contributed by atoms with Crippen LogP contribution >= 0.6 is 7.75 Å². The highest BCUT2D eigenvalue weighted by atomic mass is 31.2. The second kappa shape index (κ2) is 11.7. The minimum atomic E-state index is -4.32. The summed E-state index contributed by atoms with van der Waals surface area (Å²) in [5.41, 5.74) is 2.33. The van der Waals surface area contributed by atoms with Gasteiger partial charge in [0, 0.05) is 12.3 Å². The zero-order valence-electron chi connectivity index (χ0n) is 20.4. The first-order valence-electron chi connectivity index (χ1n) is 11.4. The molecule has 1 unspecified atom stereocenters. The maximum absolute atomic E-state index is 14.0. The van der Waals surface area contributed by atoms with Crippen molar-refractivity contribution in [2.75, 3.05) is 13.3 Å². The van der Waals surface area contributed by atoms with Crippen molar-refractivity contribution in [3.8, 4) is 5.75 Å². The maximum Gasteiger partial charge on any atom is 0.459 e. The lowest BCUT2D eigenvalue weighted by Crippen LogP contribution is -2.57. The molecule has 0 amide bonds. The number of rotatable bonds is 11. The minimum Gasteiger partial charge on any atom is -0.462 e. The molecule has 1 fully saturated rings. The van der Waals surface area contributed by atoms with Gasteiger partial charge in [0.25, 0.3) is 5.56 Å². The first kappa shape index (κ1) is 28.7. The van der Waals surface area contributed by atoms with Gasteiger partial charge in [0.1, 0.15) is 36.2 Å². The van der Waals surface area contributed by atoms with Crippen molar-refractivity contribution in [1.82, 2.24) is 14.6 Å². The van der Waals surface area contributed by atoms with E-state index < -0.39 is 74.4 Å². The number of nitrogens with zero attached hydrogens (tertiary/aromatic N) is 1. The highest BCUT2D eigenvalue weighted by Gasteiger charge is 2.56. The van der Waals surface area contributed by atoms with E-state index in [0.29, 0.717) is 0 Å². The number of aromatic amines is 1. The quantitative estimate of drug-likeness (QED) is 0.229. The number of carbonyl (C=O) groups is 1. The molecule has 2 heterocycles. The minimum absolute atomic E-state index is 0.144. The van der Waals surface area contributed by atoms with Crippen molar-refractivity contribution in [2.24, 2.45) is 5.73 Å². The third-order valence-electron chi connectivity index (χ3n) is 5.44. The molecule has 1 aliphatic heterocycles. The predicted molar refractivity (Wildman–Crippen MR) is 129 cm³/mol. The Morgan fingerprint density at radius 2 is 1.97 bits per heavy atom. The summed E-state index contributed by atoms with van der Waals surface area (Å²) in [6, 6.07) is 7.83. The Morgan fingerprint density at radius 3 is 2.57 bits per heavy atom. The summed E-state index contributed by atoms with van der Waals surface area (Å²) in [7, 11) is -4.32. The Labute approximate surface area is 211 Å². The second-order valence-electron chi connectivity index (χ2n) is 8.77. The number of carbonyl (C=O) groups excluding carboxylic acids is 1. The number of H-pyrrole nitrogens is 1. The van der Waals surface area contributed by atoms with Crippen LogP contribution in [0.3, 0.4) is 0 Å². The number of alkyl halides is 1. The Bertz CT molecular complexity index is 1240. The van der Waals surface area contributed by atoms with Gasteiger partial charge in [0.2, 0.25) is 0 Å². The molecule has 0 spiro atoms. The Kier molecular flexibility index (Phi) is 9.05. The van der Waals surface area contributed by atoms with Crippen molar-refractivity contribution in [3.63, 3.8) is 0 Å². The molecule has 1 aromatic heterocycles. The number of nitrogens with two attached hydrogens (primary N) is 1. The van der Waals surface area contributed by atoms with Crippen LogP contribution in [0, 0.1) is 0 Å². The molecular formula is C22H30FN4O9P. The molecule has 13 nitrogen and oxygen atoms in total. The van der Waals surface area contributed by atoms with Crippen molar-refractivity contribution in [2.45, 2.75) is 56.9 Å². The number of benzene rings is 1. The Morgan fingerprint density at radius 1 is 1.30 bits per heavy atom. The number of hydrogen-bond donors (Lipinski definition) is 4. The number of aliphatic hydroxyl groups excluding tert-OH is 1. The number of esters is 1. The lowest BCUT2D eigenvalue weighted by Gasteiger charge is -2.30. The van der Waals surface area contributed by atoms with Crippen molar-refractivity contribution in [3.05, 3.63) is 63.4 Å². The molecule has 15 heteroatoms. The van der Waals surface area contributed by atoms with Crippen LogP contribution in [0.25, 0.3) is 0 Å². The van der Waals surface area contributed by atoms with E-state index >= 15 is 0 Å². The highest BCUT2D eigenvalue weighted by Crippen LogP contribution is 2.46. The van der Waals surface area contributed by atoms with Crippen molar-refractivity contribution >= 4 is 13.7 Å². The topological polar surface area (TPSA) is 184 Å². The van der Waals surface area contributed by atoms with Gasteiger partial charge in [0.05, 0.1) is 12.7 Å². The number of aromatic nitrogens is 2. The van der Waals surface area contributed by atoms with Gasteiger partial charge in [0.15, 0.2) is 6.23 Å². The molecule has 1 aliphatic rings. The van der Waals surface area contributed by atoms with Crippen LogP contribution in [-0.2, 0) is 23.4 Å². The standard InChI is InChI=1S/C22H30FN4O9P/c1-13(2)34-19(30)14(3)26-37(32,36-15-7-5-4-6-8-15)33-11-16-18(29)22(24,12-23)20(35-16)27-10-9-17(28)25-21(27)31/h4-10,13-14,16,18,20,29H,11-12,24H2,1-3H3,(H,26,32)(H,25,28,31)/t14-,16+,18?,20+,22+,37+/m0/s1. The van der Waals surface area contributed by atoms with Gasteiger partial charge in [-0.2, -0.15) is 5.09 Å². The van der Waals surface area contributed by atoms with E-state index in [1.807, 2.05) is 4.98 Å². The van der Waals surface area contributed by atoms with Crippen LogP contribution < -0.4 is 26.6 Å². The molecule has 6 atom stereocenters. The van der Waals surface area contributed by atoms with Crippen molar-refractivity contribution < 1.29 is 37.4 Å². The van der Waals surface area contributed by atoms with Gasteiger partial charge in [-0.15, -0.1) is 0 Å². The highest BCUT2D eigenvalue weighted by molar-refractivity contribution is 7.52. The summed E-state index contributed by atoms with van der Waals surface area (Å²) < 4.78 is 50.3. The number of aliphatic hydroxyl groups is 1. The fourth-order valence-corrected chi connectivity index (χ4v) is 5.08. The van der Waals surface area contributed by atoms with Gasteiger partial charge >= 0.3 is 19.4 Å². The summed E-state index contributed by atoms with van der Waals surface area (Å²) in [5.74, 6) is -0.575. The first-order chi connectivity index (χ1) is 17.4. The third-order valence-corrected chi connectivity index (χ3v) is 7.08. The van der Waals surface area contributed by atoms with Crippen LogP contribution in [0.5, 0.6) is 5.75 Å². The molecule has 37 heavy (non-hydrogen) atoms. The van der Waals surface area contributed by atoms with E-state index in [1.165, 1.54) is 19.1 Å². The molecule has 0 bridgehead atoms. The molecule has 1 aromatic carbocycles. The first-order valence-corrected chi connectivity index (χ1v) is 12.9. The van der Waals surface area contributed by atoms with Gasteiger partial charge in [-0.1, -0.05) is 18.2 Å². The third kappa shape index (κ3) is 6.72. The van der Waals surface area contributed by atoms with Crippen LogP contribution in [0.4, 0.5) is 4.39 Å². The summed E-state index contributed by atoms with van der Waals surface area (Å²) in [6.07, 6.45) is -4.02. The number of nitrogens with one attached hydrogen (secondary N) is 2. The molecule has 0 saturated carbocycles. The van der Waals surface area contributed by atoms with E-state index in [2.05, 4.69) is 5.09 Å². The maximum atomic E-state index is 14.0. The average molecular weight is 544 g/mol. The summed E-state index contributed by atoms with van der Waals surface area (Å²) in [4.78, 5) is 37.9. The van der Waals surface area contributed by atoms with Gasteiger partial charge < -0.3 is 24.8 Å². The van der Waals surface area contributed by atoms with Gasteiger partial charge in [-0.3, -0.25) is 23.7 Å². The molecule has 1 saturated heterocycles.